The number of carbonyl (C=O) groups excluding carboxylic acids is 1. The van der Waals surface area contributed by atoms with Crippen LogP contribution in [0.1, 0.15) is 154 Å². The van der Waals surface area contributed by atoms with Gasteiger partial charge < -0.3 is 9.84 Å². The molecule has 1 N–H and O–H groups in total. The average molecular weight is 489 g/mol. The van der Waals surface area contributed by atoms with E-state index in [1.54, 1.807) is 6.07 Å². The van der Waals surface area contributed by atoms with E-state index in [1.165, 1.54) is 89.9 Å². The fourth-order valence-electron chi connectivity index (χ4n) is 4.98. The van der Waals surface area contributed by atoms with Gasteiger partial charge in [0.2, 0.25) is 0 Å². The molecule has 202 valence electrons. The van der Waals surface area contributed by atoms with E-state index in [0.29, 0.717) is 24.7 Å². The number of rotatable bonds is 23. The summed E-state index contributed by atoms with van der Waals surface area (Å²) >= 11 is 0. The molecule has 0 aromatic heterocycles. The third-order valence-electron chi connectivity index (χ3n) is 7.47. The minimum absolute atomic E-state index is 0.0344. The van der Waals surface area contributed by atoms with Crippen LogP contribution < -0.4 is 0 Å². The molecular formula is C32H56O3. The highest BCUT2D eigenvalue weighted by Crippen LogP contribution is 2.33. The van der Waals surface area contributed by atoms with Crippen molar-refractivity contribution in [3.05, 3.63) is 29.8 Å². The van der Waals surface area contributed by atoms with Crippen LogP contribution in [-0.2, 0) is 9.53 Å². The number of para-hydroxylation sites is 1. The second kappa shape index (κ2) is 21.7. The highest BCUT2D eigenvalue weighted by atomic mass is 16.5. The maximum Gasteiger partial charge on any atom is 0.306 e. The van der Waals surface area contributed by atoms with Crippen molar-refractivity contribution in [2.75, 3.05) is 6.61 Å². The molecule has 0 amide bonds. The molecule has 0 aliphatic rings. The first kappa shape index (κ1) is 31.5. The van der Waals surface area contributed by atoms with E-state index >= 15 is 0 Å². The lowest BCUT2D eigenvalue weighted by Crippen LogP contribution is -2.16. The summed E-state index contributed by atoms with van der Waals surface area (Å²) in [5, 5.41) is 10.4. The second-order valence-corrected chi connectivity index (χ2v) is 10.6. The van der Waals surface area contributed by atoms with Crippen LogP contribution in [0.5, 0.6) is 5.75 Å². The highest BCUT2D eigenvalue weighted by molar-refractivity contribution is 5.70. The van der Waals surface area contributed by atoms with Crippen LogP contribution in [0.15, 0.2) is 24.3 Å². The smallest absolute Gasteiger partial charge is 0.306 e. The van der Waals surface area contributed by atoms with Crippen LogP contribution in [0.2, 0.25) is 0 Å². The average Bonchev–Trinajstić information content (AvgIpc) is 2.86. The van der Waals surface area contributed by atoms with E-state index in [-0.39, 0.29) is 11.9 Å². The lowest BCUT2D eigenvalue weighted by atomic mass is 9.89. The number of carbonyl (C=O) groups is 1. The summed E-state index contributed by atoms with van der Waals surface area (Å²) in [5.41, 5.74) is 0.890. The zero-order valence-corrected chi connectivity index (χ0v) is 23.4. The number of benzene rings is 1. The van der Waals surface area contributed by atoms with E-state index in [4.69, 9.17) is 4.74 Å². The Morgan fingerprint density at radius 2 is 1.29 bits per heavy atom. The lowest BCUT2D eigenvalue weighted by Gasteiger charge is -2.19. The van der Waals surface area contributed by atoms with Gasteiger partial charge in [-0.25, -0.2) is 0 Å². The molecule has 3 nitrogen and oxygen atoms in total. The van der Waals surface area contributed by atoms with Gasteiger partial charge >= 0.3 is 5.97 Å². The lowest BCUT2D eigenvalue weighted by molar-refractivity contribution is -0.145. The Bertz CT molecular complexity index is 627. The highest BCUT2D eigenvalue weighted by Gasteiger charge is 2.20. The van der Waals surface area contributed by atoms with Crippen LogP contribution >= 0.6 is 0 Å². The fourth-order valence-corrected chi connectivity index (χ4v) is 4.98. The van der Waals surface area contributed by atoms with Crippen molar-refractivity contribution in [1.29, 1.82) is 0 Å². The molecule has 0 aliphatic heterocycles. The third-order valence-corrected chi connectivity index (χ3v) is 7.47. The molecule has 1 aromatic carbocycles. The summed E-state index contributed by atoms with van der Waals surface area (Å²) in [6.45, 7) is 7.18. The number of hydrogen-bond donors (Lipinski definition) is 1. The predicted octanol–water partition coefficient (Wildman–Crippen LogP) is 10.1. The zero-order valence-electron chi connectivity index (χ0n) is 23.4. The molecule has 0 radical (unpaired) electrons. The molecule has 0 aliphatic carbocycles. The van der Waals surface area contributed by atoms with Gasteiger partial charge in [-0.05, 0) is 36.3 Å². The Labute approximate surface area is 217 Å². The van der Waals surface area contributed by atoms with Crippen molar-refractivity contribution in [3.63, 3.8) is 0 Å². The quantitative estimate of drug-likeness (QED) is 0.123. The minimum Gasteiger partial charge on any atom is -0.508 e. The topological polar surface area (TPSA) is 46.5 Å². The molecule has 0 spiro atoms. The largest absolute Gasteiger partial charge is 0.508 e. The van der Waals surface area contributed by atoms with Crippen LogP contribution in [-0.4, -0.2) is 17.7 Å². The Kier molecular flexibility index (Phi) is 19.6. The maximum atomic E-state index is 12.7. The molecular weight excluding hydrogens is 432 g/mol. The van der Waals surface area contributed by atoms with Gasteiger partial charge in [0.25, 0.3) is 0 Å². The normalized spacial score (nSPS) is 13.0. The second-order valence-electron chi connectivity index (χ2n) is 10.6. The van der Waals surface area contributed by atoms with Crippen LogP contribution in [0.3, 0.4) is 0 Å². The molecule has 3 heteroatoms. The summed E-state index contributed by atoms with van der Waals surface area (Å²) in [6.07, 6.45) is 23.2. The minimum atomic E-state index is -0.122. The zero-order chi connectivity index (χ0) is 25.6. The summed E-state index contributed by atoms with van der Waals surface area (Å²) in [5.74, 6) is 0.674. The first-order chi connectivity index (χ1) is 17.1. The molecule has 0 saturated heterocycles. The molecule has 1 aromatic rings. The summed E-state index contributed by atoms with van der Waals surface area (Å²) in [6, 6.07) is 7.50. The van der Waals surface area contributed by atoms with Gasteiger partial charge in [-0.1, -0.05) is 142 Å². The van der Waals surface area contributed by atoms with E-state index in [9.17, 15) is 9.90 Å². The maximum absolute atomic E-state index is 12.7. The number of ether oxygens (including phenoxy) is 1. The Hall–Kier alpha value is -1.51. The number of esters is 1. The number of aromatic hydroxyl groups is 1. The number of phenols is 1. The predicted molar refractivity (Wildman–Crippen MR) is 150 cm³/mol. The monoisotopic (exact) mass is 488 g/mol. The van der Waals surface area contributed by atoms with Crippen molar-refractivity contribution in [1.82, 2.24) is 0 Å². The van der Waals surface area contributed by atoms with Crippen molar-refractivity contribution in [2.45, 2.75) is 149 Å². The first-order valence-corrected chi connectivity index (χ1v) is 15.1. The van der Waals surface area contributed by atoms with Crippen molar-refractivity contribution >= 4 is 5.97 Å². The Morgan fingerprint density at radius 1 is 0.743 bits per heavy atom. The molecule has 2 atom stereocenters. The molecule has 0 saturated carbocycles. The standard InChI is InChI=1S/C32H56O3/c1-4-7-9-10-11-12-13-14-15-16-17-18-19-23-29(30-24-20-21-25-31(30)33)26-32(34)35-27-28(6-3)22-8-5-2/h20-21,24-25,28-29,33H,4-19,22-23,26-27H2,1-3H3. The third kappa shape index (κ3) is 16.0. The molecule has 35 heavy (non-hydrogen) atoms. The van der Waals surface area contributed by atoms with E-state index in [2.05, 4.69) is 20.8 Å². The molecule has 0 fully saturated rings. The van der Waals surface area contributed by atoms with Crippen molar-refractivity contribution in [3.8, 4) is 5.75 Å². The number of unbranched alkanes of at least 4 members (excludes halogenated alkanes) is 13. The molecule has 2 unspecified atom stereocenters. The molecule has 1 rings (SSSR count). The van der Waals surface area contributed by atoms with Gasteiger partial charge in [-0.2, -0.15) is 0 Å². The fraction of sp³-hybridized carbons (Fsp3) is 0.781. The van der Waals surface area contributed by atoms with Crippen LogP contribution in [0.4, 0.5) is 0 Å². The van der Waals surface area contributed by atoms with E-state index < -0.39 is 0 Å². The van der Waals surface area contributed by atoms with Crippen molar-refractivity contribution < 1.29 is 14.6 Å². The van der Waals surface area contributed by atoms with Gasteiger partial charge in [0, 0.05) is 0 Å². The molecule has 0 bridgehead atoms. The SMILES string of the molecule is CCCCCCCCCCCCCCCC(CC(=O)OCC(CC)CCCC)c1ccccc1O. The van der Waals surface area contributed by atoms with Crippen LogP contribution in [0, 0.1) is 5.92 Å². The van der Waals surface area contributed by atoms with E-state index in [1.807, 2.05) is 18.2 Å². The first-order valence-electron chi connectivity index (χ1n) is 15.1. The Balaban J connectivity index is 2.32. The summed E-state index contributed by atoms with van der Waals surface area (Å²) in [4.78, 5) is 12.7. The Morgan fingerprint density at radius 3 is 1.83 bits per heavy atom. The summed E-state index contributed by atoms with van der Waals surface area (Å²) in [7, 11) is 0. The van der Waals surface area contributed by atoms with Gasteiger partial charge in [-0.15, -0.1) is 0 Å². The summed E-state index contributed by atoms with van der Waals surface area (Å²) < 4.78 is 5.68. The van der Waals surface area contributed by atoms with Gasteiger partial charge in [0.05, 0.1) is 13.0 Å². The van der Waals surface area contributed by atoms with Gasteiger partial charge in [-0.3, -0.25) is 4.79 Å². The van der Waals surface area contributed by atoms with Crippen molar-refractivity contribution in [2.24, 2.45) is 5.92 Å². The van der Waals surface area contributed by atoms with Crippen LogP contribution in [0.25, 0.3) is 0 Å². The van der Waals surface area contributed by atoms with E-state index in [0.717, 1.165) is 31.2 Å². The van der Waals surface area contributed by atoms with Gasteiger partial charge in [0.1, 0.15) is 5.75 Å². The van der Waals surface area contributed by atoms with Gasteiger partial charge in [0.15, 0.2) is 0 Å². The molecule has 0 heterocycles. The number of hydrogen-bond acceptors (Lipinski definition) is 3. The number of phenolic OH excluding ortho intramolecular Hbond substituents is 1.